The first-order valence-electron chi connectivity index (χ1n) is 7.68. The van der Waals surface area contributed by atoms with Gasteiger partial charge in [0.15, 0.2) is 0 Å². The van der Waals surface area contributed by atoms with Crippen molar-refractivity contribution in [2.24, 2.45) is 0 Å². The number of amides is 1. The van der Waals surface area contributed by atoms with Gasteiger partial charge in [0.2, 0.25) is 0 Å². The molecule has 0 saturated heterocycles. The van der Waals surface area contributed by atoms with Crippen molar-refractivity contribution in [2.45, 2.75) is 13.3 Å². The number of phenolic OH excluding ortho intramolecular Hbond substituents is 1. The average molecular weight is 400 g/mol. The summed E-state index contributed by atoms with van der Waals surface area (Å²) in [5.74, 6) is -0.223. The molecular formula is C19H18BrN3O2. The number of nitrogens with one attached hydrogen (secondary N) is 2. The molecule has 2 aromatic carbocycles. The topological polar surface area (TPSA) is 85.2 Å². The third kappa shape index (κ3) is 5.66. The Labute approximate surface area is 155 Å². The quantitative estimate of drug-likeness (QED) is 0.511. The Kier molecular flexibility index (Phi) is 6.61. The first-order valence-corrected chi connectivity index (χ1v) is 8.48. The Balaban J connectivity index is 1.90. The summed E-state index contributed by atoms with van der Waals surface area (Å²) in [6.07, 6.45) is 2.02. The minimum Gasteiger partial charge on any atom is -0.508 e. The monoisotopic (exact) mass is 399 g/mol. The van der Waals surface area contributed by atoms with Crippen molar-refractivity contribution >= 4 is 27.5 Å². The summed E-state index contributed by atoms with van der Waals surface area (Å²) >= 11 is 3.42. The van der Waals surface area contributed by atoms with E-state index in [0.29, 0.717) is 13.0 Å². The fraction of sp³-hybridized carbons (Fsp3) is 0.158. The molecule has 0 unspecified atom stereocenters. The largest absolute Gasteiger partial charge is 0.508 e. The number of benzene rings is 2. The van der Waals surface area contributed by atoms with Crippen LogP contribution in [0.2, 0.25) is 0 Å². The highest BCUT2D eigenvalue weighted by atomic mass is 79.9. The molecule has 0 radical (unpaired) electrons. The maximum Gasteiger partial charge on any atom is 0.263 e. The SMILES string of the molecule is Cc1cc(N/C=C(/C#N)C(=O)NCCc2ccc(O)cc2)ccc1Br. The molecule has 2 rings (SSSR count). The lowest BCUT2D eigenvalue weighted by Crippen LogP contribution is -2.27. The standard InChI is InChI=1S/C19H18BrN3O2/c1-13-10-16(4-7-18(13)20)23-12-15(11-21)19(25)22-9-8-14-2-5-17(24)6-3-14/h2-7,10,12,23-24H,8-9H2,1H3,(H,22,25)/b15-12-. The lowest BCUT2D eigenvalue weighted by molar-refractivity contribution is -0.117. The Morgan fingerprint density at radius 3 is 2.64 bits per heavy atom. The van der Waals surface area contributed by atoms with Crippen LogP contribution in [-0.2, 0) is 11.2 Å². The average Bonchev–Trinajstić information content (AvgIpc) is 2.60. The first-order chi connectivity index (χ1) is 12.0. The van der Waals surface area contributed by atoms with Crippen molar-refractivity contribution in [2.75, 3.05) is 11.9 Å². The lowest BCUT2D eigenvalue weighted by Gasteiger charge is -2.07. The van der Waals surface area contributed by atoms with E-state index in [1.165, 1.54) is 6.20 Å². The molecule has 0 atom stereocenters. The van der Waals surface area contributed by atoms with Gasteiger partial charge in [-0.3, -0.25) is 4.79 Å². The molecule has 5 nitrogen and oxygen atoms in total. The zero-order valence-electron chi connectivity index (χ0n) is 13.7. The zero-order valence-corrected chi connectivity index (χ0v) is 15.3. The van der Waals surface area contributed by atoms with E-state index in [1.54, 1.807) is 24.3 Å². The van der Waals surface area contributed by atoms with Crippen LogP contribution in [0.15, 0.2) is 58.7 Å². The second kappa shape index (κ2) is 8.90. The normalized spacial score (nSPS) is 10.8. The molecule has 1 amide bonds. The van der Waals surface area contributed by atoms with Gasteiger partial charge >= 0.3 is 0 Å². The highest BCUT2D eigenvalue weighted by Gasteiger charge is 2.08. The Morgan fingerprint density at radius 1 is 1.28 bits per heavy atom. The van der Waals surface area contributed by atoms with E-state index in [0.717, 1.165) is 21.3 Å². The van der Waals surface area contributed by atoms with Gasteiger partial charge in [-0.15, -0.1) is 0 Å². The van der Waals surface area contributed by atoms with Gasteiger partial charge in [0.05, 0.1) is 0 Å². The number of phenols is 1. The number of hydrogen-bond acceptors (Lipinski definition) is 4. The molecular weight excluding hydrogens is 382 g/mol. The highest BCUT2D eigenvalue weighted by Crippen LogP contribution is 2.20. The number of carbonyl (C=O) groups excluding carboxylic acids is 1. The van der Waals surface area contributed by atoms with Gasteiger partial charge in [-0.1, -0.05) is 28.1 Å². The summed E-state index contributed by atoms with van der Waals surface area (Å²) in [6, 6.07) is 14.3. The number of halogens is 1. The molecule has 6 heteroatoms. The summed E-state index contributed by atoms with van der Waals surface area (Å²) in [5.41, 5.74) is 2.84. The fourth-order valence-corrected chi connectivity index (χ4v) is 2.36. The van der Waals surface area contributed by atoms with Crippen molar-refractivity contribution < 1.29 is 9.90 Å². The molecule has 2 aromatic rings. The summed E-state index contributed by atoms with van der Waals surface area (Å²) < 4.78 is 0.995. The Morgan fingerprint density at radius 2 is 2.00 bits per heavy atom. The van der Waals surface area contributed by atoms with Crippen LogP contribution >= 0.6 is 15.9 Å². The number of anilines is 1. The van der Waals surface area contributed by atoms with Crippen molar-refractivity contribution in [3.63, 3.8) is 0 Å². The second-order valence-corrected chi connectivity index (χ2v) is 6.30. The van der Waals surface area contributed by atoms with Gasteiger partial charge in [-0.2, -0.15) is 5.26 Å². The minimum absolute atomic E-state index is 0.00581. The summed E-state index contributed by atoms with van der Waals surface area (Å²) in [5, 5.41) is 24.1. The van der Waals surface area contributed by atoms with E-state index in [2.05, 4.69) is 26.6 Å². The highest BCUT2D eigenvalue weighted by molar-refractivity contribution is 9.10. The van der Waals surface area contributed by atoms with Gasteiger partial charge in [0.1, 0.15) is 17.4 Å². The van der Waals surface area contributed by atoms with Crippen LogP contribution in [0.5, 0.6) is 5.75 Å². The molecule has 0 spiro atoms. The fourth-order valence-electron chi connectivity index (χ4n) is 2.12. The van der Waals surface area contributed by atoms with Crippen molar-refractivity contribution in [3.05, 3.63) is 69.8 Å². The van der Waals surface area contributed by atoms with E-state index in [9.17, 15) is 9.90 Å². The van der Waals surface area contributed by atoms with Crippen molar-refractivity contribution in [1.29, 1.82) is 5.26 Å². The van der Waals surface area contributed by atoms with Crippen LogP contribution in [-0.4, -0.2) is 17.6 Å². The third-order valence-corrected chi connectivity index (χ3v) is 4.43. The van der Waals surface area contributed by atoms with Crippen LogP contribution < -0.4 is 10.6 Å². The molecule has 128 valence electrons. The third-order valence-electron chi connectivity index (χ3n) is 3.54. The van der Waals surface area contributed by atoms with Gasteiger partial charge < -0.3 is 15.7 Å². The van der Waals surface area contributed by atoms with Crippen LogP contribution in [0, 0.1) is 18.3 Å². The molecule has 0 heterocycles. The van der Waals surface area contributed by atoms with Crippen LogP contribution in [0.1, 0.15) is 11.1 Å². The Bertz CT molecular complexity index is 824. The van der Waals surface area contributed by atoms with E-state index >= 15 is 0 Å². The zero-order chi connectivity index (χ0) is 18.2. The predicted molar refractivity (Wildman–Crippen MR) is 101 cm³/mol. The molecule has 0 fully saturated rings. The van der Waals surface area contributed by atoms with E-state index in [4.69, 9.17) is 5.26 Å². The maximum absolute atomic E-state index is 12.1. The molecule has 0 aliphatic rings. The number of aryl methyl sites for hydroxylation is 1. The number of hydrogen-bond donors (Lipinski definition) is 3. The number of nitrogens with zero attached hydrogens (tertiary/aromatic N) is 1. The molecule has 0 aromatic heterocycles. The summed E-state index contributed by atoms with van der Waals surface area (Å²) in [6.45, 7) is 2.36. The van der Waals surface area contributed by atoms with Crippen molar-refractivity contribution in [3.8, 4) is 11.8 Å². The number of nitriles is 1. The minimum atomic E-state index is -0.428. The number of carbonyl (C=O) groups is 1. The number of rotatable bonds is 6. The molecule has 0 saturated carbocycles. The van der Waals surface area contributed by atoms with Gasteiger partial charge in [0.25, 0.3) is 5.91 Å². The van der Waals surface area contributed by atoms with E-state index in [1.807, 2.05) is 31.2 Å². The Hall–Kier alpha value is -2.78. The van der Waals surface area contributed by atoms with E-state index in [-0.39, 0.29) is 11.3 Å². The number of aromatic hydroxyl groups is 1. The van der Waals surface area contributed by atoms with Crippen LogP contribution in [0.3, 0.4) is 0 Å². The molecule has 0 bridgehead atoms. The molecule has 0 aliphatic carbocycles. The summed E-state index contributed by atoms with van der Waals surface area (Å²) in [7, 11) is 0. The smallest absolute Gasteiger partial charge is 0.263 e. The van der Waals surface area contributed by atoms with Crippen LogP contribution in [0.4, 0.5) is 5.69 Å². The molecule has 25 heavy (non-hydrogen) atoms. The van der Waals surface area contributed by atoms with Gasteiger partial charge in [0, 0.05) is 22.9 Å². The molecule has 3 N–H and O–H groups in total. The van der Waals surface area contributed by atoms with E-state index < -0.39 is 5.91 Å². The summed E-state index contributed by atoms with van der Waals surface area (Å²) in [4.78, 5) is 12.1. The first kappa shape index (κ1) is 18.6. The molecule has 0 aliphatic heterocycles. The maximum atomic E-state index is 12.1. The van der Waals surface area contributed by atoms with Gasteiger partial charge in [-0.05, 0) is 54.8 Å². The van der Waals surface area contributed by atoms with Crippen LogP contribution in [0.25, 0.3) is 0 Å². The second-order valence-electron chi connectivity index (χ2n) is 5.45. The van der Waals surface area contributed by atoms with Gasteiger partial charge in [-0.25, -0.2) is 0 Å². The predicted octanol–water partition coefficient (Wildman–Crippen LogP) is 3.64. The van der Waals surface area contributed by atoms with Crippen molar-refractivity contribution in [1.82, 2.24) is 5.32 Å². The lowest BCUT2D eigenvalue weighted by atomic mass is 10.1.